The van der Waals surface area contributed by atoms with Crippen molar-refractivity contribution in [3.8, 4) is 0 Å². The number of halogens is 2. The van der Waals surface area contributed by atoms with Crippen LogP contribution in [0.5, 0.6) is 0 Å². The monoisotopic (exact) mass is 472 g/mol. The van der Waals surface area contributed by atoms with Crippen LogP contribution in [0.25, 0.3) is 0 Å². The number of hydrogen-bond donors (Lipinski definition) is 1. The topological polar surface area (TPSA) is 101 Å². The molecule has 0 aromatic heterocycles. The molecule has 0 aliphatic carbocycles. The normalized spacial score (nSPS) is 17.1. The number of carbonyl (C=O) groups excluding carboxylic acids is 1. The van der Waals surface area contributed by atoms with E-state index < -0.39 is 48.3 Å². The van der Waals surface area contributed by atoms with Crippen molar-refractivity contribution in [2.45, 2.75) is 35.1 Å². The van der Waals surface area contributed by atoms with Crippen molar-refractivity contribution < 1.29 is 30.4 Å². The Bertz CT molecular complexity index is 1140. The van der Waals surface area contributed by atoms with Crippen LogP contribution in [0, 0.1) is 11.6 Å². The lowest BCUT2D eigenvalue weighted by atomic mass is 10.2. The summed E-state index contributed by atoms with van der Waals surface area (Å²) >= 11 is 0. The van der Waals surface area contributed by atoms with Crippen molar-refractivity contribution in [1.82, 2.24) is 9.62 Å². The quantitative estimate of drug-likeness (QED) is 0.634. The highest BCUT2D eigenvalue weighted by Crippen LogP contribution is 2.23. The Hall–Kier alpha value is -2.37. The molecule has 0 bridgehead atoms. The van der Waals surface area contributed by atoms with Crippen LogP contribution in [0.2, 0.25) is 0 Å². The lowest BCUT2D eigenvalue weighted by Gasteiger charge is -2.24. The van der Waals surface area contributed by atoms with Crippen LogP contribution in [0.1, 0.15) is 19.3 Å². The van der Waals surface area contributed by atoms with Gasteiger partial charge in [0.05, 0.1) is 10.6 Å². The largest absolute Gasteiger partial charge is 0.339 e. The van der Waals surface area contributed by atoms with Gasteiger partial charge in [-0.05, 0) is 37.1 Å². The van der Waals surface area contributed by atoms with E-state index in [0.29, 0.717) is 19.4 Å². The second kappa shape index (κ2) is 9.41. The van der Waals surface area contributed by atoms with Gasteiger partial charge in [0.1, 0.15) is 11.6 Å². The van der Waals surface area contributed by atoms with Crippen LogP contribution in [0.15, 0.2) is 58.3 Å². The Morgan fingerprint density at radius 2 is 1.65 bits per heavy atom. The lowest BCUT2D eigenvalue weighted by molar-refractivity contribution is -0.131. The third kappa shape index (κ3) is 5.46. The van der Waals surface area contributed by atoms with Crippen LogP contribution in [0.3, 0.4) is 0 Å². The van der Waals surface area contributed by atoms with Gasteiger partial charge >= 0.3 is 0 Å². The number of likely N-dealkylation sites (tertiary alicyclic amines) is 1. The SMILES string of the molecule is O=C(CCNS(=O)(=O)c1c(F)cccc1F)N1CCCC1CS(=O)(=O)c1ccccc1. The number of carbonyl (C=O) groups is 1. The minimum absolute atomic E-state index is 0.175. The Morgan fingerprint density at radius 3 is 2.29 bits per heavy atom. The van der Waals surface area contributed by atoms with E-state index in [4.69, 9.17) is 0 Å². The van der Waals surface area contributed by atoms with E-state index in [1.165, 1.54) is 17.0 Å². The van der Waals surface area contributed by atoms with Crippen molar-refractivity contribution in [3.05, 3.63) is 60.2 Å². The van der Waals surface area contributed by atoms with Gasteiger partial charge in [0, 0.05) is 25.6 Å². The number of hydrogen-bond acceptors (Lipinski definition) is 5. The zero-order chi connectivity index (χ0) is 22.6. The van der Waals surface area contributed by atoms with E-state index in [2.05, 4.69) is 0 Å². The molecule has 168 valence electrons. The van der Waals surface area contributed by atoms with Crippen LogP contribution in [0.4, 0.5) is 8.78 Å². The first-order chi connectivity index (χ1) is 14.6. The number of nitrogens with zero attached hydrogens (tertiary/aromatic N) is 1. The molecule has 31 heavy (non-hydrogen) atoms. The van der Waals surface area contributed by atoms with E-state index in [0.717, 1.165) is 18.2 Å². The summed E-state index contributed by atoms with van der Waals surface area (Å²) in [5.41, 5.74) is 0. The van der Waals surface area contributed by atoms with Crippen molar-refractivity contribution in [2.75, 3.05) is 18.8 Å². The second-order valence-electron chi connectivity index (χ2n) is 7.18. The number of sulfone groups is 1. The Labute approximate surface area is 180 Å². The highest BCUT2D eigenvalue weighted by Gasteiger charge is 2.33. The van der Waals surface area contributed by atoms with Gasteiger partial charge in [0.25, 0.3) is 0 Å². The predicted octanol–water partition coefficient (Wildman–Crippen LogP) is 2.10. The number of rotatable bonds is 8. The molecule has 1 amide bonds. The number of sulfonamides is 1. The van der Waals surface area contributed by atoms with Gasteiger partial charge in [0.15, 0.2) is 14.7 Å². The fraction of sp³-hybridized carbons (Fsp3) is 0.350. The summed E-state index contributed by atoms with van der Waals surface area (Å²) < 4.78 is 79.1. The van der Waals surface area contributed by atoms with Crippen LogP contribution in [-0.2, 0) is 24.7 Å². The third-order valence-corrected chi connectivity index (χ3v) is 8.36. The maximum Gasteiger partial charge on any atom is 0.246 e. The molecule has 0 radical (unpaired) electrons. The molecule has 11 heteroatoms. The average Bonchev–Trinajstić information content (AvgIpc) is 3.15. The molecule has 1 unspecified atom stereocenters. The molecule has 1 aliphatic heterocycles. The summed E-state index contributed by atoms with van der Waals surface area (Å²) in [6.45, 7) is -0.00784. The van der Waals surface area contributed by atoms with Gasteiger partial charge in [-0.2, -0.15) is 0 Å². The minimum atomic E-state index is -4.49. The summed E-state index contributed by atoms with van der Waals surface area (Å²) in [7, 11) is -8.07. The molecule has 1 saturated heterocycles. The number of benzene rings is 2. The van der Waals surface area contributed by atoms with Crippen molar-refractivity contribution in [2.24, 2.45) is 0 Å². The van der Waals surface area contributed by atoms with Crippen LogP contribution in [-0.4, -0.2) is 52.5 Å². The Kier molecular flexibility index (Phi) is 7.07. The molecular weight excluding hydrogens is 450 g/mol. The van der Waals surface area contributed by atoms with E-state index >= 15 is 0 Å². The minimum Gasteiger partial charge on any atom is -0.339 e. The summed E-state index contributed by atoms with van der Waals surface area (Å²) in [4.78, 5) is 13.1. The van der Waals surface area contributed by atoms with Crippen LogP contribution < -0.4 is 4.72 Å². The Balaban J connectivity index is 1.61. The van der Waals surface area contributed by atoms with Crippen molar-refractivity contribution >= 4 is 25.8 Å². The highest BCUT2D eigenvalue weighted by atomic mass is 32.2. The van der Waals surface area contributed by atoms with E-state index in [1.807, 2.05) is 4.72 Å². The van der Waals surface area contributed by atoms with Gasteiger partial charge in [-0.15, -0.1) is 0 Å². The summed E-state index contributed by atoms with van der Waals surface area (Å²) in [6.07, 6.45) is 0.883. The predicted molar refractivity (Wildman–Crippen MR) is 109 cm³/mol. The summed E-state index contributed by atoms with van der Waals surface area (Å²) in [5, 5.41) is 0. The smallest absolute Gasteiger partial charge is 0.246 e. The maximum atomic E-state index is 13.7. The third-order valence-electron chi connectivity index (χ3n) is 5.03. The molecule has 1 N–H and O–H groups in total. The molecule has 7 nitrogen and oxygen atoms in total. The van der Waals surface area contributed by atoms with Gasteiger partial charge in [0.2, 0.25) is 15.9 Å². The molecule has 1 heterocycles. The molecule has 1 aliphatic rings. The standard InChI is InChI=1S/C20H22F2N2O5S2/c21-17-9-4-10-18(22)20(17)31(28,29)23-12-11-19(25)24-13-5-6-15(24)14-30(26,27)16-7-2-1-3-8-16/h1-4,7-10,15,23H,5-6,11-14H2. The van der Waals surface area contributed by atoms with E-state index in [9.17, 15) is 30.4 Å². The van der Waals surface area contributed by atoms with Crippen molar-refractivity contribution in [3.63, 3.8) is 0 Å². The molecule has 2 aromatic carbocycles. The van der Waals surface area contributed by atoms with E-state index in [-0.39, 0.29) is 23.6 Å². The highest BCUT2D eigenvalue weighted by molar-refractivity contribution is 7.91. The molecule has 0 saturated carbocycles. The molecule has 3 rings (SSSR count). The molecule has 1 atom stereocenters. The molecule has 0 spiro atoms. The first kappa shape index (κ1) is 23.3. The lowest BCUT2D eigenvalue weighted by Crippen LogP contribution is -2.41. The summed E-state index contributed by atoms with van der Waals surface area (Å²) in [5.74, 6) is -3.12. The molecular formula is C20H22F2N2O5S2. The van der Waals surface area contributed by atoms with Gasteiger partial charge in [-0.3, -0.25) is 4.79 Å². The fourth-order valence-corrected chi connectivity index (χ4v) is 6.34. The summed E-state index contributed by atoms with van der Waals surface area (Å²) in [6, 6.07) is 10.1. The number of nitrogens with one attached hydrogen (secondary N) is 1. The maximum absolute atomic E-state index is 13.7. The fourth-order valence-electron chi connectivity index (χ4n) is 3.56. The first-order valence-corrected chi connectivity index (χ1v) is 12.8. The molecule has 2 aromatic rings. The zero-order valence-electron chi connectivity index (χ0n) is 16.5. The number of amides is 1. The van der Waals surface area contributed by atoms with Crippen molar-refractivity contribution in [1.29, 1.82) is 0 Å². The average molecular weight is 473 g/mol. The van der Waals surface area contributed by atoms with Gasteiger partial charge in [-0.25, -0.2) is 30.3 Å². The molecule has 1 fully saturated rings. The van der Waals surface area contributed by atoms with E-state index in [1.54, 1.807) is 18.2 Å². The zero-order valence-corrected chi connectivity index (χ0v) is 18.1. The van der Waals surface area contributed by atoms with Crippen LogP contribution >= 0.6 is 0 Å². The van der Waals surface area contributed by atoms with Gasteiger partial charge < -0.3 is 4.90 Å². The second-order valence-corrected chi connectivity index (χ2v) is 10.9. The first-order valence-electron chi connectivity index (χ1n) is 9.63. The Morgan fingerprint density at radius 1 is 1.00 bits per heavy atom. The van der Waals surface area contributed by atoms with Gasteiger partial charge in [-0.1, -0.05) is 24.3 Å².